The summed E-state index contributed by atoms with van der Waals surface area (Å²) in [6.07, 6.45) is 2.99. The van der Waals surface area contributed by atoms with Gasteiger partial charge in [-0.1, -0.05) is 67.5 Å². The fourth-order valence-corrected chi connectivity index (χ4v) is 5.29. The molecule has 0 aromatic heterocycles. The molecule has 0 radical (unpaired) electrons. The monoisotopic (exact) mass is 494 g/mol. The van der Waals surface area contributed by atoms with Gasteiger partial charge in [-0.2, -0.15) is 0 Å². The second-order valence-electron chi connectivity index (χ2n) is 11.9. The largest absolute Gasteiger partial charge is 0.491 e. The van der Waals surface area contributed by atoms with Crippen LogP contribution in [0, 0.1) is 23.7 Å². The van der Waals surface area contributed by atoms with E-state index in [-0.39, 0.29) is 26.4 Å². The molecule has 6 atom stereocenters. The Balaban J connectivity index is 2.95. The topological polar surface area (TPSA) is 79.2 Å². The van der Waals surface area contributed by atoms with Crippen molar-refractivity contribution in [2.45, 2.75) is 105 Å². The number of ether oxygens (including phenoxy) is 2. The van der Waals surface area contributed by atoms with Crippen LogP contribution in [0.15, 0.2) is 18.2 Å². The minimum absolute atomic E-state index is 0.00853. The summed E-state index contributed by atoms with van der Waals surface area (Å²) in [5, 5.41) is 28.5. The molecule has 1 rings (SSSR count). The van der Waals surface area contributed by atoms with E-state index in [9.17, 15) is 10.2 Å². The van der Waals surface area contributed by atoms with Crippen LogP contribution in [0.25, 0.3) is 0 Å². The van der Waals surface area contributed by atoms with Crippen molar-refractivity contribution in [1.29, 1.82) is 0 Å². The maximum atomic E-state index is 10.3. The van der Waals surface area contributed by atoms with Crippen LogP contribution in [0.3, 0.4) is 0 Å². The highest BCUT2D eigenvalue weighted by molar-refractivity contribution is 5.41. The van der Waals surface area contributed by atoms with Crippen molar-refractivity contribution < 1.29 is 24.8 Å². The molecule has 204 valence electrons. The lowest BCUT2D eigenvalue weighted by molar-refractivity contribution is -0.0338. The van der Waals surface area contributed by atoms with Crippen LogP contribution in [0.1, 0.15) is 104 Å². The second kappa shape index (κ2) is 16.6. The molecule has 1 aromatic carbocycles. The van der Waals surface area contributed by atoms with Gasteiger partial charge in [0, 0.05) is 0 Å². The van der Waals surface area contributed by atoms with E-state index in [1.807, 2.05) is 0 Å². The predicted octanol–water partition coefficient (Wildman–Crippen LogP) is 6.15. The maximum absolute atomic E-state index is 10.3. The first kappa shape index (κ1) is 31.9. The van der Waals surface area contributed by atoms with E-state index in [0.717, 1.165) is 12.2 Å². The van der Waals surface area contributed by atoms with E-state index in [0.29, 0.717) is 35.5 Å². The van der Waals surface area contributed by atoms with Gasteiger partial charge in [0.05, 0.1) is 19.8 Å². The fraction of sp³-hybridized carbons (Fsp3) is 0.800. The Bertz CT molecular complexity index is 689. The predicted molar refractivity (Wildman–Crippen MR) is 145 cm³/mol. The summed E-state index contributed by atoms with van der Waals surface area (Å²) in [6, 6.07) is 6.58. The Morgan fingerprint density at radius 1 is 0.686 bits per heavy atom. The summed E-state index contributed by atoms with van der Waals surface area (Å²) < 4.78 is 11.4. The van der Waals surface area contributed by atoms with Crippen LogP contribution in [0.2, 0.25) is 0 Å². The van der Waals surface area contributed by atoms with Crippen molar-refractivity contribution in [3.8, 4) is 5.75 Å². The quantitative estimate of drug-likeness (QED) is 0.228. The van der Waals surface area contributed by atoms with Crippen molar-refractivity contribution in [3.63, 3.8) is 0 Å². The maximum Gasteiger partial charge on any atom is 0.122 e. The molecule has 6 unspecified atom stereocenters. The zero-order valence-corrected chi connectivity index (χ0v) is 23.7. The number of rotatable bonds is 18. The van der Waals surface area contributed by atoms with Crippen LogP contribution in [-0.2, 0) is 4.74 Å². The highest BCUT2D eigenvalue weighted by atomic mass is 16.5. The van der Waals surface area contributed by atoms with Crippen LogP contribution in [0.4, 0.5) is 0 Å². The third-order valence-electron chi connectivity index (χ3n) is 6.66. The first-order valence-electron chi connectivity index (χ1n) is 13.7. The van der Waals surface area contributed by atoms with E-state index in [2.05, 4.69) is 73.6 Å². The number of hydrogen-bond acceptors (Lipinski definition) is 5. The summed E-state index contributed by atoms with van der Waals surface area (Å²) in [5.41, 5.74) is 2.57. The third kappa shape index (κ3) is 13.1. The zero-order chi connectivity index (χ0) is 26.5. The Kier molecular flexibility index (Phi) is 15.1. The summed E-state index contributed by atoms with van der Waals surface area (Å²) in [7, 11) is 0. The SMILES string of the molecule is CC(C)CC(C)CC(C)c1ccc(OCC(O)COCC(O)CO)c(C(C)CC(C)CC(C)C)c1. The Morgan fingerprint density at radius 3 is 1.77 bits per heavy atom. The summed E-state index contributed by atoms with van der Waals surface area (Å²) in [5.74, 6) is 4.37. The van der Waals surface area contributed by atoms with Crippen LogP contribution >= 0.6 is 0 Å². The lowest BCUT2D eigenvalue weighted by Crippen LogP contribution is -2.27. The Labute approximate surface area is 215 Å². The van der Waals surface area contributed by atoms with Gasteiger partial charge in [-0.3, -0.25) is 0 Å². The summed E-state index contributed by atoms with van der Waals surface area (Å²) in [4.78, 5) is 0. The molecule has 0 aliphatic heterocycles. The van der Waals surface area contributed by atoms with Crippen molar-refractivity contribution in [3.05, 3.63) is 29.3 Å². The minimum atomic E-state index is -0.929. The molecule has 0 aliphatic carbocycles. The fourth-order valence-electron chi connectivity index (χ4n) is 5.29. The van der Waals surface area contributed by atoms with E-state index >= 15 is 0 Å². The van der Waals surface area contributed by atoms with E-state index in [1.165, 1.54) is 30.4 Å². The number of aliphatic hydroxyl groups is 3. The molecule has 0 aliphatic rings. The van der Waals surface area contributed by atoms with Crippen molar-refractivity contribution in [2.75, 3.05) is 26.4 Å². The first-order chi connectivity index (χ1) is 16.4. The number of benzene rings is 1. The zero-order valence-electron chi connectivity index (χ0n) is 23.7. The van der Waals surface area contributed by atoms with E-state index in [1.54, 1.807) is 0 Å². The first-order valence-corrected chi connectivity index (χ1v) is 13.7. The molecule has 0 saturated carbocycles. The van der Waals surface area contributed by atoms with Gasteiger partial charge in [0.2, 0.25) is 0 Å². The average Bonchev–Trinajstić information content (AvgIpc) is 2.75. The number of hydrogen-bond donors (Lipinski definition) is 3. The molecule has 35 heavy (non-hydrogen) atoms. The normalized spacial score (nSPS) is 17.3. The highest BCUT2D eigenvalue weighted by Crippen LogP contribution is 2.36. The molecule has 1 aromatic rings. The van der Waals surface area contributed by atoms with Crippen LogP contribution < -0.4 is 4.74 Å². The standard InChI is InChI=1S/C30H54O5/c1-20(2)11-22(5)13-24(7)26-9-10-30(35-19-28(33)18-34-17-27(32)16-31)29(15-26)25(8)14-23(6)12-21(3)4/h9-10,15,20-25,27-28,31-33H,11-14,16-19H2,1-8H3. The molecule has 0 saturated heterocycles. The lowest BCUT2D eigenvalue weighted by atomic mass is 9.83. The Morgan fingerprint density at radius 2 is 1.23 bits per heavy atom. The van der Waals surface area contributed by atoms with Gasteiger partial charge in [0.15, 0.2) is 0 Å². The second-order valence-corrected chi connectivity index (χ2v) is 11.9. The third-order valence-corrected chi connectivity index (χ3v) is 6.66. The van der Waals surface area contributed by atoms with Crippen molar-refractivity contribution in [1.82, 2.24) is 0 Å². The summed E-state index contributed by atoms with van der Waals surface area (Å²) in [6.45, 7) is 18.2. The molecule has 0 spiro atoms. The molecule has 0 fully saturated rings. The molecule has 0 heterocycles. The molecule has 5 nitrogen and oxygen atoms in total. The molecular formula is C30H54O5. The van der Waals surface area contributed by atoms with Crippen molar-refractivity contribution >= 4 is 0 Å². The van der Waals surface area contributed by atoms with Gasteiger partial charge in [0.1, 0.15) is 24.6 Å². The van der Waals surface area contributed by atoms with Crippen LogP contribution in [0.5, 0.6) is 5.75 Å². The Hall–Kier alpha value is -1.14. The van der Waals surface area contributed by atoms with E-state index < -0.39 is 12.2 Å². The van der Waals surface area contributed by atoms with E-state index in [4.69, 9.17) is 14.6 Å². The molecular weight excluding hydrogens is 440 g/mol. The van der Waals surface area contributed by atoms with Gasteiger partial charge >= 0.3 is 0 Å². The lowest BCUT2D eigenvalue weighted by Gasteiger charge is -2.25. The van der Waals surface area contributed by atoms with Gasteiger partial charge in [-0.25, -0.2) is 0 Å². The molecule has 0 amide bonds. The van der Waals surface area contributed by atoms with Gasteiger partial charge < -0.3 is 24.8 Å². The highest BCUT2D eigenvalue weighted by Gasteiger charge is 2.20. The number of aliphatic hydroxyl groups excluding tert-OH is 3. The molecule has 3 N–H and O–H groups in total. The summed E-state index contributed by atoms with van der Waals surface area (Å²) >= 11 is 0. The average molecular weight is 495 g/mol. The van der Waals surface area contributed by atoms with Gasteiger partial charge in [-0.15, -0.1) is 0 Å². The van der Waals surface area contributed by atoms with Crippen LogP contribution in [-0.4, -0.2) is 54.0 Å². The molecule has 0 bridgehead atoms. The van der Waals surface area contributed by atoms with Gasteiger partial charge in [-0.05, 0) is 78.4 Å². The smallest absolute Gasteiger partial charge is 0.122 e. The minimum Gasteiger partial charge on any atom is -0.491 e. The van der Waals surface area contributed by atoms with Gasteiger partial charge in [0.25, 0.3) is 0 Å². The van der Waals surface area contributed by atoms with Crippen molar-refractivity contribution in [2.24, 2.45) is 23.7 Å². The molecule has 5 heteroatoms.